The van der Waals surface area contributed by atoms with Gasteiger partial charge in [-0.05, 0) is 30.2 Å². The molecule has 0 amide bonds. The smallest absolute Gasteiger partial charge is 0.276 e. The maximum absolute atomic E-state index is 10.8. The number of aryl methyl sites for hydroxylation is 1. The van der Waals surface area contributed by atoms with Crippen molar-refractivity contribution < 1.29 is 14.8 Å². The highest BCUT2D eigenvalue weighted by Crippen LogP contribution is 2.24. The summed E-state index contributed by atoms with van der Waals surface area (Å²) in [6, 6.07) is 12.2. The van der Waals surface area contributed by atoms with Crippen LogP contribution in [0.15, 0.2) is 42.5 Å². The Morgan fingerprint density at radius 3 is 2.40 bits per heavy atom. The van der Waals surface area contributed by atoms with Gasteiger partial charge in [0.25, 0.3) is 5.69 Å². The van der Waals surface area contributed by atoms with Crippen molar-refractivity contribution in [1.29, 1.82) is 0 Å². The molecule has 0 saturated carbocycles. The van der Waals surface area contributed by atoms with E-state index in [9.17, 15) is 10.1 Å². The quantitative estimate of drug-likeness (QED) is 0.671. The molecule has 0 aliphatic carbocycles. The Bertz CT molecular complexity index is 608. The zero-order chi connectivity index (χ0) is 14.5. The minimum atomic E-state index is -0.418. The van der Waals surface area contributed by atoms with E-state index in [4.69, 9.17) is 9.84 Å². The average Bonchev–Trinajstić information content (AvgIpc) is 2.46. The van der Waals surface area contributed by atoms with E-state index < -0.39 is 4.92 Å². The Balaban J connectivity index is 2.06. The van der Waals surface area contributed by atoms with Crippen LogP contribution < -0.4 is 4.74 Å². The number of hydrogen-bond acceptors (Lipinski definition) is 4. The van der Waals surface area contributed by atoms with Crippen molar-refractivity contribution in [2.75, 3.05) is 0 Å². The highest BCUT2D eigenvalue weighted by Gasteiger charge is 2.11. The van der Waals surface area contributed by atoms with Crippen molar-refractivity contribution in [1.82, 2.24) is 0 Å². The molecule has 0 fully saturated rings. The van der Waals surface area contributed by atoms with Crippen LogP contribution in [0.4, 0.5) is 5.69 Å². The summed E-state index contributed by atoms with van der Waals surface area (Å²) in [5.74, 6) is 0.466. The van der Waals surface area contributed by atoms with Crippen molar-refractivity contribution >= 4 is 5.69 Å². The average molecular weight is 273 g/mol. The molecule has 5 heteroatoms. The minimum absolute atomic E-state index is 0.00525. The third-order valence-electron chi connectivity index (χ3n) is 2.99. The molecule has 0 unspecified atom stereocenters. The number of nitrogens with zero attached hydrogens (tertiary/aromatic N) is 1. The molecule has 0 saturated heterocycles. The van der Waals surface area contributed by atoms with E-state index >= 15 is 0 Å². The number of nitro benzene ring substituents is 1. The van der Waals surface area contributed by atoms with Gasteiger partial charge in [0.1, 0.15) is 12.4 Å². The zero-order valence-corrected chi connectivity index (χ0v) is 11.1. The first-order valence-electron chi connectivity index (χ1n) is 6.16. The van der Waals surface area contributed by atoms with Gasteiger partial charge < -0.3 is 9.84 Å². The number of hydrogen-bond donors (Lipinski definition) is 1. The van der Waals surface area contributed by atoms with Crippen LogP contribution in [0.5, 0.6) is 5.75 Å². The fraction of sp³-hybridized carbons (Fsp3) is 0.200. The molecule has 2 rings (SSSR count). The lowest BCUT2D eigenvalue weighted by Crippen LogP contribution is -1.98. The largest absolute Gasteiger partial charge is 0.489 e. The van der Waals surface area contributed by atoms with Crippen molar-refractivity contribution in [3.8, 4) is 5.75 Å². The number of benzene rings is 2. The van der Waals surface area contributed by atoms with E-state index in [-0.39, 0.29) is 12.3 Å². The van der Waals surface area contributed by atoms with Gasteiger partial charge >= 0.3 is 0 Å². The second-order valence-corrected chi connectivity index (χ2v) is 4.47. The van der Waals surface area contributed by atoms with E-state index in [2.05, 4.69) is 0 Å². The Morgan fingerprint density at radius 1 is 1.15 bits per heavy atom. The summed E-state index contributed by atoms with van der Waals surface area (Å²) in [7, 11) is 0. The van der Waals surface area contributed by atoms with Crippen LogP contribution in [-0.4, -0.2) is 10.0 Å². The van der Waals surface area contributed by atoms with Gasteiger partial charge in [-0.15, -0.1) is 0 Å². The molecule has 0 radical (unpaired) electrons. The van der Waals surface area contributed by atoms with Gasteiger partial charge in [-0.25, -0.2) is 0 Å². The SMILES string of the molecule is Cc1ccc(OCc2ccc(CO)cc2)cc1[N+](=O)[O-]. The Morgan fingerprint density at radius 2 is 1.80 bits per heavy atom. The topological polar surface area (TPSA) is 72.6 Å². The Labute approximate surface area is 116 Å². The number of ether oxygens (including phenoxy) is 1. The summed E-state index contributed by atoms with van der Waals surface area (Å²) in [6.07, 6.45) is 0. The van der Waals surface area contributed by atoms with Crippen LogP contribution in [-0.2, 0) is 13.2 Å². The van der Waals surface area contributed by atoms with Crippen molar-refractivity contribution in [2.24, 2.45) is 0 Å². The van der Waals surface area contributed by atoms with Crippen LogP contribution in [0.3, 0.4) is 0 Å². The lowest BCUT2D eigenvalue weighted by Gasteiger charge is -2.07. The molecule has 104 valence electrons. The summed E-state index contributed by atoms with van der Waals surface area (Å²) < 4.78 is 5.54. The standard InChI is InChI=1S/C15H15NO4/c1-11-2-7-14(8-15(11)16(18)19)20-10-13-5-3-12(9-17)4-6-13/h2-8,17H,9-10H2,1H3. The van der Waals surface area contributed by atoms with Gasteiger partial charge in [-0.3, -0.25) is 10.1 Å². The summed E-state index contributed by atoms with van der Waals surface area (Å²) >= 11 is 0. The van der Waals surface area contributed by atoms with E-state index in [1.54, 1.807) is 19.1 Å². The fourth-order valence-corrected chi connectivity index (χ4v) is 1.78. The van der Waals surface area contributed by atoms with Crippen LogP contribution in [0.25, 0.3) is 0 Å². The van der Waals surface area contributed by atoms with Gasteiger partial charge in [0, 0.05) is 5.56 Å². The molecule has 0 spiro atoms. The zero-order valence-electron chi connectivity index (χ0n) is 11.1. The molecular weight excluding hydrogens is 258 g/mol. The molecule has 0 aliphatic rings. The lowest BCUT2D eigenvalue weighted by atomic mass is 10.1. The van der Waals surface area contributed by atoms with E-state index in [1.807, 2.05) is 24.3 Å². The number of rotatable bonds is 5. The molecule has 0 atom stereocenters. The van der Waals surface area contributed by atoms with E-state index in [0.717, 1.165) is 11.1 Å². The second kappa shape index (κ2) is 6.16. The molecular formula is C15H15NO4. The van der Waals surface area contributed by atoms with Crippen LogP contribution >= 0.6 is 0 Å². The molecule has 0 heterocycles. The van der Waals surface area contributed by atoms with Crippen LogP contribution in [0.1, 0.15) is 16.7 Å². The van der Waals surface area contributed by atoms with Gasteiger partial charge in [0.15, 0.2) is 0 Å². The third-order valence-corrected chi connectivity index (χ3v) is 2.99. The van der Waals surface area contributed by atoms with Crippen molar-refractivity contribution in [2.45, 2.75) is 20.1 Å². The van der Waals surface area contributed by atoms with Crippen LogP contribution in [0.2, 0.25) is 0 Å². The minimum Gasteiger partial charge on any atom is -0.489 e. The molecule has 0 bridgehead atoms. The number of nitro groups is 1. The molecule has 20 heavy (non-hydrogen) atoms. The van der Waals surface area contributed by atoms with E-state index in [1.165, 1.54) is 6.07 Å². The van der Waals surface area contributed by atoms with Crippen molar-refractivity contribution in [3.05, 3.63) is 69.3 Å². The molecule has 0 aromatic heterocycles. The first-order chi connectivity index (χ1) is 9.60. The van der Waals surface area contributed by atoms with Crippen molar-refractivity contribution in [3.63, 3.8) is 0 Å². The predicted molar refractivity (Wildman–Crippen MR) is 74.5 cm³/mol. The highest BCUT2D eigenvalue weighted by molar-refractivity contribution is 5.45. The summed E-state index contributed by atoms with van der Waals surface area (Å²) in [6.45, 7) is 2.02. The maximum Gasteiger partial charge on any atom is 0.276 e. The second-order valence-electron chi connectivity index (χ2n) is 4.47. The molecule has 1 N–H and O–H groups in total. The summed E-state index contributed by atoms with van der Waals surface area (Å²) in [5, 5.41) is 19.8. The molecule has 2 aromatic rings. The first-order valence-corrected chi connectivity index (χ1v) is 6.16. The number of aliphatic hydroxyl groups is 1. The Hall–Kier alpha value is -2.40. The monoisotopic (exact) mass is 273 g/mol. The van der Waals surface area contributed by atoms with E-state index in [0.29, 0.717) is 17.9 Å². The van der Waals surface area contributed by atoms with Crippen LogP contribution in [0, 0.1) is 17.0 Å². The summed E-state index contributed by atoms with van der Waals surface area (Å²) in [5.41, 5.74) is 2.43. The fourth-order valence-electron chi connectivity index (χ4n) is 1.78. The van der Waals surface area contributed by atoms with Gasteiger partial charge in [-0.2, -0.15) is 0 Å². The third kappa shape index (κ3) is 3.33. The molecule has 0 aliphatic heterocycles. The summed E-state index contributed by atoms with van der Waals surface area (Å²) in [4.78, 5) is 10.4. The van der Waals surface area contributed by atoms with Gasteiger partial charge in [0.05, 0.1) is 17.6 Å². The lowest BCUT2D eigenvalue weighted by molar-refractivity contribution is -0.385. The number of aliphatic hydroxyl groups excluding tert-OH is 1. The first kappa shape index (κ1) is 14.0. The molecule has 5 nitrogen and oxygen atoms in total. The normalized spacial score (nSPS) is 10.3. The maximum atomic E-state index is 10.8. The Kier molecular flexibility index (Phi) is 4.32. The predicted octanol–water partition coefficient (Wildman–Crippen LogP) is 2.97. The van der Waals surface area contributed by atoms with Gasteiger partial charge in [0.2, 0.25) is 0 Å². The highest BCUT2D eigenvalue weighted by atomic mass is 16.6. The molecule has 2 aromatic carbocycles. The van der Waals surface area contributed by atoms with Gasteiger partial charge in [-0.1, -0.05) is 24.3 Å².